The average Bonchev–Trinajstić information content (AvgIpc) is 2.31. The van der Waals surface area contributed by atoms with Crippen molar-refractivity contribution in [2.24, 2.45) is 5.84 Å². The summed E-state index contributed by atoms with van der Waals surface area (Å²) in [6, 6.07) is 7.39. The predicted octanol–water partition coefficient (Wildman–Crippen LogP) is 3.82. The fourth-order valence-corrected chi connectivity index (χ4v) is 2.39. The Hall–Kier alpha value is -1.20. The summed E-state index contributed by atoms with van der Waals surface area (Å²) in [5.41, 5.74) is 3.27. The number of hydrazine groups is 1. The Kier molecular flexibility index (Phi) is 4.37. The minimum absolute atomic E-state index is 0.210. The smallest absolute Gasteiger partial charge is 0.131 e. The third kappa shape index (κ3) is 3.22. The number of hydrogen-bond donors (Lipinski definition) is 2. The first-order chi connectivity index (χ1) is 9.01. The summed E-state index contributed by atoms with van der Waals surface area (Å²) >= 11 is 11.8. The van der Waals surface area contributed by atoms with Crippen LogP contribution >= 0.6 is 23.2 Å². The first-order valence-electron chi connectivity index (χ1n) is 5.38. The molecule has 0 aliphatic carbocycles. The fraction of sp³-hybridized carbons (Fsp3) is 0.0769. The minimum atomic E-state index is -0.695. The van der Waals surface area contributed by atoms with E-state index in [-0.39, 0.29) is 5.56 Å². The lowest BCUT2D eigenvalue weighted by Gasteiger charge is -2.18. The quantitative estimate of drug-likeness (QED) is 0.668. The van der Waals surface area contributed by atoms with Crippen molar-refractivity contribution in [3.63, 3.8) is 0 Å². The molecular weight excluding hydrogens is 293 g/mol. The monoisotopic (exact) mass is 302 g/mol. The molecule has 2 aromatic carbocycles. The van der Waals surface area contributed by atoms with Gasteiger partial charge in [0.2, 0.25) is 0 Å². The zero-order valence-corrected chi connectivity index (χ0v) is 11.1. The Morgan fingerprint density at radius 3 is 2.16 bits per heavy atom. The van der Waals surface area contributed by atoms with Gasteiger partial charge < -0.3 is 0 Å². The zero-order valence-electron chi connectivity index (χ0n) is 9.63. The third-order valence-corrected chi connectivity index (χ3v) is 3.09. The van der Waals surface area contributed by atoms with Crippen LogP contribution < -0.4 is 11.3 Å². The van der Waals surface area contributed by atoms with Gasteiger partial charge in [-0.3, -0.25) is 5.84 Å². The normalized spacial score (nSPS) is 12.5. The van der Waals surface area contributed by atoms with Crippen molar-refractivity contribution in [1.29, 1.82) is 0 Å². The predicted molar refractivity (Wildman–Crippen MR) is 72.0 cm³/mol. The maximum atomic E-state index is 13.8. The highest BCUT2D eigenvalue weighted by Gasteiger charge is 2.18. The summed E-state index contributed by atoms with van der Waals surface area (Å²) in [5, 5.41) is 0.815. The van der Waals surface area contributed by atoms with Gasteiger partial charge in [0, 0.05) is 21.7 Å². The van der Waals surface area contributed by atoms with E-state index >= 15 is 0 Å². The summed E-state index contributed by atoms with van der Waals surface area (Å²) in [5.74, 6) is 4.10. The minimum Gasteiger partial charge on any atom is -0.271 e. The fourth-order valence-electron chi connectivity index (χ4n) is 1.84. The molecule has 0 aliphatic heterocycles. The van der Waals surface area contributed by atoms with E-state index in [9.17, 15) is 8.78 Å². The van der Waals surface area contributed by atoms with Crippen LogP contribution in [0.4, 0.5) is 8.78 Å². The SMILES string of the molecule is NNC(c1cc(Cl)cc(Cl)c1)c1ccc(F)cc1F. The van der Waals surface area contributed by atoms with Gasteiger partial charge in [-0.05, 0) is 29.8 Å². The molecule has 2 aromatic rings. The van der Waals surface area contributed by atoms with Crippen molar-refractivity contribution in [3.05, 3.63) is 69.2 Å². The van der Waals surface area contributed by atoms with Gasteiger partial charge in [-0.25, -0.2) is 14.2 Å². The van der Waals surface area contributed by atoms with Gasteiger partial charge in [-0.15, -0.1) is 0 Å². The van der Waals surface area contributed by atoms with Crippen LogP contribution in [0.5, 0.6) is 0 Å². The number of rotatable bonds is 3. The number of nitrogens with one attached hydrogen (secondary N) is 1. The van der Waals surface area contributed by atoms with Crippen molar-refractivity contribution in [2.45, 2.75) is 6.04 Å². The van der Waals surface area contributed by atoms with E-state index in [2.05, 4.69) is 5.43 Å². The number of hydrogen-bond acceptors (Lipinski definition) is 2. The molecule has 0 fully saturated rings. The molecule has 6 heteroatoms. The standard InChI is InChI=1S/C13H10Cl2F2N2/c14-8-3-7(4-9(15)5-8)13(19-18)11-2-1-10(16)6-12(11)17/h1-6,13,19H,18H2. The molecule has 100 valence electrons. The molecule has 0 saturated heterocycles. The third-order valence-electron chi connectivity index (χ3n) is 2.66. The van der Waals surface area contributed by atoms with E-state index < -0.39 is 17.7 Å². The van der Waals surface area contributed by atoms with Crippen molar-refractivity contribution in [1.82, 2.24) is 5.43 Å². The van der Waals surface area contributed by atoms with Crippen LogP contribution in [0.2, 0.25) is 10.0 Å². The molecule has 19 heavy (non-hydrogen) atoms. The number of nitrogens with two attached hydrogens (primary N) is 1. The molecule has 0 spiro atoms. The molecule has 0 aromatic heterocycles. The lowest BCUT2D eigenvalue weighted by molar-refractivity contribution is 0.541. The highest BCUT2D eigenvalue weighted by atomic mass is 35.5. The molecule has 0 amide bonds. The van der Waals surface area contributed by atoms with Crippen molar-refractivity contribution in [2.75, 3.05) is 0 Å². The Morgan fingerprint density at radius 2 is 1.63 bits per heavy atom. The molecule has 0 bridgehead atoms. The van der Waals surface area contributed by atoms with Crippen LogP contribution in [0.15, 0.2) is 36.4 Å². The molecule has 2 rings (SSSR count). The van der Waals surface area contributed by atoms with Crippen molar-refractivity contribution < 1.29 is 8.78 Å². The second-order valence-corrected chi connectivity index (χ2v) is 4.84. The Balaban J connectivity index is 2.49. The average molecular weight is 303 g/mol. The highest BCUT2D eigenvalue weighted by Crippen LogP contribution is 2.28. The van der Waals surface area contributed by atoms with Crippen LogP contribution in [-0.4, -0.2) is 0 Å². The van der Waals surface area contributed by atoms with Crippen LogP contribution in [0, 0.1) is 11.6 Å². The highest BCUT2D eigenvalue weighted by molar-refractivity contribution is 6.34. The maximum Gasteiger partial charge on any atom is 0.131 e. The Morgan fingerprint density at radius 1 is 1.00 bits per heavy atom. The molecule has 2 nitrogen and oxygen atoms in total. The van der Waals surface area contributed by atoms with E-state index in [1.807, 2.05) is 0 Å². The van der Waals surface area contributed by atoms with E-state index in [4.69, 9.17) is 29.0 Å². The maximum absolute atomic E-state index is 13.8. The van der Waals surface area contributed by atoms with Gasteiger partial charge in [0.1, 0.15) is 11.6 Å². The van der Waals surface area contributed by atoms with Gasteiger partial charge in [0.25, 0.3) is 0 Å². The molecular formula is C13H10Cl2F2N2. The van der Waals surface area contributed by atoms with Crippen LogP contribution in [-0.2, 0) is 0 Å². The van der Waals surface area contributed by atoms with Crippen LogP contribution in [0.3, 0.4) is 0 Å². The van der Waals surface area contributed by atoms with Gasteiger partial charge in [-0.1, -0.05) is 29.3 Å². The van der Waals surface area contributed by atoms with E-state index in [0.717, 1.165) is 12.1 Å². The van der Waals surface area contributed by atoms with E-state index in [0.29, 0.717) is 15.6 Å². The van der Waals surface area contributed by atoms with Crippen molar-refractivity contribution in [3.8, 4) is 0 Å². The number of halogens is 4. The molecule has 0 heterocycles. The van der Waals surface area contributed by atoms with Gasteiger partial charge >= 0.3 is 0 Å². The summed E-state index contributed by atoms with van der Waals surface area (Å²) in [6.45, 7) is 0. The number of benzene rings is 2. The lowest BCUT2D eigenvalue weighted by atomic mass is 9.99. The topological polar surface area (TPSA) is 38.0 Å². The zero-order chi connectivity index (χ0) is 14.0. The summed E-state index contributed by atoms with van der Waals surface area (Å²) in [7, 11) is 0. The molecule has 1 atom stereocenters. The lowest BCUT2D eigenvalue weighted by Crippen LogP contribution is -2.29. The summed E-state index contributed by atoms with van der Waals surface area (Å²) in [4.78, 5) is 0. The first-order valence-corrected chi connectivity index (χ1v) is 6.14. The van der Waals surface area contributed by atoms with Crippen LogP contribution in [0.25, 0.3) is 0 Å². The Labute approximate surface area is 119 Å². The van der Waals surface area contributed by atoms with Gasteiger partial charge in [0.15, 0.2) is 0 Å². The first kappa shape index (κ1) is 14.2. The van der Waals surface area contributed by atoms with Gasteiger partial charge in [0.05, 0.1) is 6.04 Å². The molecule has 0 aliphatic rings. The molecule has 3 N–H and O–H groups in total. The Bertz CT molecular complexity index is 585. The van der Waals surface area contributed by atoms with Crippen LogP contribution in [0.1, 0.15) is 17.2 Å². The molecule has 0 saturated carbocycles. The largest absolute Gasteiger partial charge is 0.271 e. The van der Waals surface area contributed by atoms with E-state index in [1.54, 1.807) is 18.2 Å². The van der Waals surface area contributed by atoms with Gasteiger partial charge in [-0.2, -0.15) is 0 Å². The molecule has 1 unspecified atom stereocenters. The second-order valence-electron chi connectivity index (χ2n) is 3.97. The second kappa shape index (κ2) is 5.84. The summed E-state index contributed by atoms with van der Waals surface area (Å²) in [6.07, 6.45) is 0. The summed E-state index contributed by atoms with van der Waals surface area (Å²) < 4.78 is 26.7. The van der Waals surface area contributed by atoms with E-state index in [1.165, 1.54) is 6.07 Å². The molecule has 0 radical (unpaired) electrons. The van der Waals surface area contributed by atoms with Crippen molar-refractivity contribution >= 4 is 23.2 Å².